The molecule has 0 aromatic heterocycles. The van der Waals surface area contributed by atoms with Crippen LogP contribution in [0.3, 0.4) is 0 Å². The van der Waals surface area contributed by atoms with Gasteiger partial charge in [-0.3, -0.25) is 4.79 Å². The molecule has 1 aliphatic rings. The lowest BCUT2D eigenvalue weighted by atomic mass is 9.98. The van der Waals surface area contributed by atoms with E-state index in [0.29, 0.717) is 19.3 Å². The lowest BCUT2D eigenvalue weighted by Gasteiger charge is -2.37. The van der Waals surface area contributed by atoms with Gasteiger partial charge in [0, 0.05) is 12.6 Å². The van der Waals surface area contributed by atoms with Crippen molar-refractivity contribution in [2.75, 3.05) is 13.1 Å². The van der Waals surface area contributed by atoms with Crippen molar-refractivity contribution in [2.45, 2.75) is 44.1 Å². The van der Waals surface area contributed by atoms with Crippen molar-refractivity contribution < 1.29 is 22.4 Å². The fraction of sp³-hybridized carbons (Fsp3) is 0.900. The molecule has 0 radical (unpaired) electrons. The van der Waals surface area contributed by atoms with E-state index in [4.69, 9.17) is 5.73 Å². The molecule has 1 unspecified atom stereocenters. The first-order valence-electron chi connectivity index (χ1n) is 5.58. The molecule has 2 N–H and O–H groups in total. The molecule has 0 aromatic carbocycles. The standard InChI is InChI=1S/C10H16F4N2O.ClH/c11-8(12)10(13,14)9(17)16-6-2-1-3-7(16)4-5-15;/h7-8H,1-6,15H2;1H. The van der Waals surface area contributed by atoms with Crippen molar-refractivity contribution >= 4 is 18.3 Å². The van der Waals surface area contributed by atoms with E-state index in [-0.39, 0.29) is 25.5 Å². The summed E-state index contributed by atoms with van der Waals surface area (Å²) in [5.41, 5.74) is 5.32. The maximum atomic E-state index is 13.0. The van der Waals surface area contributed by atoms with E-state index in [1.54, 1.807) is 0 Å². The largest absolute Gasteiger partial charge is 0.383 e. The van der Waals surface area contributed by atoms with E-state index < -0.39 is 24.3 Å². The molecule has 18 heavy (non-hydrogen) atoms. The number of nitrogens with zero attached hydrogens (tertiary/aromatic N) is 1. The van der Waals surface area contributed by atoms with E-state index in [1.165, 1.54) is 0 Å². The molecule has 1 amide bonds. The fourth-order valence-corrected chi connectivity index (χ4v) is 2.05. The van der Waals surface area contributed by atoms with Gasteiger partial charge in [-0.05, 0) is 32.2 Å². The third-order valence-corrected chi connectivity index (χ3v) is 2.95. The third kappa shape index (κ3) is 3.71. The normalized spacial score (nSPS) is 20.8. The zero-order valence-corrected chi connectivity index (χ0v) is 10.6. The van der Waals surface area contributed by atoms with Gasteiger partial charge in [-0.2, -0.15) is 8.78 Å². The van der Waals surface area contributed by atoms with Crippen molar-refractivity contribution in [3.63, 3.8) is 0 Å². The van der Waals surface area contributed by atoms with Crippen LogP contribution in [0.25, 0.3) is 0 Å². The molecule has 0 spiro atoms. The Bertz CT molecular complexity index is 277. The Hall–Kier alpha value is -0.560. The molecule has 0 aromatic rings. The topological polar surface area (TPSA) is 46.3 Å². The second-order valence-corrected chi connectivity index (χ2v) is 4.15. The minimum atomic E-state index is -4.59. The number of alkyl halides is 4. The van der Waals surface area contributed by atoms with Crippen molar-refractivity contribution in [3.05, 3.63) is 0 Å². The summed E-state index contributed by atoms with van der Waals surface area (Å²) >= 11 is 0. The van der Waals surface area contributed by atoms with Crippen LogP contribution in [0.4, 0.5) is 17.6 Å². The summed E-state index contributed by atoms with van der Waals surface area (Å²) in [7, 11) is 0. The van der Waals surface area contributed by atoms with Gasteiger partial charge in [0.25, 0.3) is 5.91 Å². The molecule has 1 saturated heterocycles. The van der Waals surface area contributed by atoms with Gasteiger partial charge >= 0.3 is 12.3 Å². The van der Waals surface area contributed by atoms with Gasteiger partial charge in [0.15, 0.2) is 0 Å². The minimum absolute atomic E-state index is 0. The molecule has 1 rings (SSSR count). The minimum Gasteiger partial charge on any atom is -0.334 e. The van der Waals surface area contributed by atoms with E-state index >= 15 is 0 Å². The first-order chi connectivity index (χ1) is 7.91. The Labute approximate surface area is 109 Å². The second-order valence-electron chi connectivity index (χ2n) is 4.15. The Morgan fingerprint density at radius 1 is 1.39 bits per heavy atom. The molecular weight excluding hydrogens is 276 g/mol. The number of rotatable bonds is 4. The summed E-state index contributed by atoms with van der Waals surface area (Å²) in [5, 5.41) is 0. The average Bonchev–Trinajstić information content (AvgIpc) is 2.29. The van der Waals surface area contributed by atoms with Gasteiger partial charge in [-0.15, -0.1) is 12.4 Å². The SMILES string of the molecule is Cl.NCCC1CCCCN1C(=O)C(F)(F)C(F)F. The lowest BCUT2D eigenvalue weighted by Crippen LogP contribution is -2.53. The van der Waals surface area contributed by atoms with Crippen LogP contribution >= 0.6 is 12.4 Å². The zero-order chi connectivity index (χ0) is 13.1. The fourth-order valence-electron chi connectivity index (χ4n) is 2.05. The number of amides is 1. The third-order valence-electron chi connectivity index (χ3n) is 2.95. The molecule has 1 heterocycles. The van der Waals surface area contributed by atoms with Crippen molar-refractivity contribution in [1.82, 2.24) is 4.90 Å². The zero-order valence-electron chi connectivity index (χ0n) is 9.75. The predicted molar refractivity (Wildman–Crippen MR) is 61.2 cm³/mol. The van der Waals surface area contributed by atoms with Crippen LogP contribution in [0.2, 0.25) is 0 Å². The summed E-state index contributed by atoms with van der Waals surface area (Å²) in [6, 6.07) is -0.439. The summed E-state index contributed by atoms with van der Waals surface area (Å²) in [6.07, 6.45) is -1.69. The number of hydrogen-bond acceptors (Lipinski definition) is 2. The Kier molecular flexibility index (Phi) is 6.91. The molecule has 0 saturated carbocycles. The number of likely N-dealkylation sites (tertiary alicyclic amines) is 1. The van der Waals surface area contributed by atoms with Crippen LogP contribution in [0.5, 0.6) is 0 Å². The van der Waals surface area contributed by atoms with Crippen LogP contribution in [0.15, 0.2) is 0 Å². The molecular formula is C10H17ClF4N2O. The number of halogens is 5. The number of carbonyl (C=O) groups excluding carboxylic acids is 1. The molecule has 0 bridgehead atoms. The highest BCUT2D eigenvalue weighted by Crippen LogP contribution is 2.29. The number of carbonyl (C=O) groups is 1. The van der Waals surface area contributed by atoms with Crippen LogP contribution in [-0.4, -0.2) is 42.3 Å². The van der Waals surface area contributed by atoms with Crippen LogP contribution in [0, 0.1) is 0 Å². The van der Waals surface area contributed by atoms with Gasteiger partial charge in [0.2, 0.25) is 0 Å². The summed E-state index contributed by atoms with van der Waals surface area (Å²) in [4.78, 5) is 12.3. The van der Waals surface area contributed by atoms with Crippen molar-refractivity contribution in [1.29, 1.82) is 0 Å². The maximum absolute atomic E-state index is 13.0. The highest BCUT2D eigenvalue weighted by molar-refractivity contribution is 5.85. The molecule has 8 heteroatoms. The number of piperidine rings is 1. The predicted octanol–water partition coefficient (Wildman–Crippen LogP) is 2.04. The van der Waals surface area contributed by atoms with Gasteiger partial charge in [-0.25, -0.2) is 8.78 Å². The molecule has 1 fully saturated rings. The Balaban J connectivity index is 0.00000289. The van der Waals surface area contributed by atoms with Gasteiger partial charge < -0.3 is 10.6 Å². The summed E-state index contributed by atoms with van der Waals surface area (Å²) < 4.78 is 50.1. The van der Waals surface area contributed by atoms with Crippen molar-refractivity contribution in [3.8, 4) is 0 Å². The Morgan fingerprint density at radius 2 is 2.00 bits per heavy atom. The first kappa shape index (κ1) is 17.4. The van der Waals surface area contributed by atoms with E-state index in [2.05, 4.69) is 0 Å². The number of nitrogens with two attached hydrogens (primary N) is 1. The van der Waals surface area contributed by atoms with E-state index in [9.17, 15) is 22.4 Å². The van der Waals surface area contributed by atoms with E-state index in [0.717, 1.165) is 11.3 Å². The van der Waals surface area contributed by atoms with Crippen molar-refractivity contribution in [2.24, 2.45) is 5.73 Å². The molecule has 1 aliphatic heterocycles. The number of hydrogen-bond donors (Lipinski definition) is 1. The molecule has 3 nitrogen and oxygen atoms in total. The van der Waals surface area contributed by atoms with Gasteiger partial charge in [0.1, 0.15) is 0 Å². The smallest absolute Gasteiger partial charge is 0.334 e. The highest BCUT2D eigenvalue weighted by Gasteiger charge is 2.52. The second kappa shape index (κ2) is 7.13. The molecule has 0 aliphatic carbocycles. The van der Waals surface area contributed by atoms with Crippen LogP contribution in [0.1, 0.15) is 25.7 Å². The first-order valence-corrected chi connectivity index (χ1v) is 5.58. The molecule has 108 valence electrons. The highest BCUT2D eigenvalue weighted by atomic mass is 35.5. The Morgan fingerprint density at radius 3 is 2.50 bits per heavy atom. The van der Waals surface area contributed by atoms with Crippen LogP contribution < -0.4 is 5.73 Å². The lowest BCUT2D eigenvalue weighted by molar-refractivity contribution is -0.184. The monoisotopic (exact) mass is 292 g/mol. The van der Waals surface area contributed by atoms with Gasteiger partial charge in [-0.1, -0.05) is 0 Å². The molecule has 1 atom stereocenters. The quantitative estimate of drug-likeness (QED) is 0.806. The average molecular weight is 293 g/mol. The van der Waals surface area contributed by atoms with E-state index in [1.807, 2.05) is 0 Å². The van der Waals surface area contributed by atoms with Gasteiger partial charge in [0.05, 0.1) is 0 Å². The summed E-state index contributed by atoms with van der Waals surface area (Å²) in [5.74, 6) is -6.37. The van der Waals surface area contributed by atoms with Crippen LogP contribution in [-0.2, 0) is 4.79 Å². The maximum Gasteiger partial charge on any atom is 0.383 e. The summed E-state index contributed by atoms with van der Waals surface area (Å²) in [6.45, 7) is 0.348.